The first-order chi connectivity index (χ1) is 10.9. The third-order valence-electron chi connectivity index (χ3n) is 3.75. The molecule has 0 bridgehead atoms. The van der Waals surface area contributed by atoms with Crippen molar-refractivity contribution >= 4 is 61.9 Å². The molecule has 0 aliphatic heterocycles. The summed E-state index contributed by atoms with van der Waals surface area (Å²) in [5.41, 5.74) is 3.03. The Morgan fingerprint density at radius 1 is 1.17 bits per heavy atom. The molecule has 0 saturated heterocycles. The van der Waals surface area contributed by atoms with Crippen LogP contribution in [0.5, 0.6) is 5.75 Å². The Kier molecular flexibility index (Phi) is 4.68. The van der Waals surface area contributed by atoms with E-state index in [1.165, 1.54) is 0 Å². The van der Waals surface area contributed by atoms with Crippen molar-refractivity contribution < 1.29 is 14.3 Å². The molecule has 0 aliphatic rings. The molecule has 0 atom stereocenters. The highest BCUT2D eigenvalue weighted by atomic mass is 127. The molecule has 3 aromatic rings. The number of hydrogen-bond donors (Lipinski definition) is 1. The number of furan rings is 1. The zero-order valence-corrected chi connectivity index (χ0v) is 16.9. The van der Waals surface area contributed by atoms with Crippen molar-refractivity contribution in [3.63, 3.8) is 0 Å². The molecule has 1 heterocycles. The Bertz CT molecular complexity index is 902. The fourth-order valence-electron chi connectivity index (χ4n) is 2.59. The second-order valence-corrected chi connectivity index (χ2v) is 7.70. The third kappa shape index (κ3) is 3.00. The van der Waals surface area contributed by atoms with Gasteiger partial charge in [-0.25, -0.2) is 0 Å². The van der Waals surface area contributed by atoms with E-state index in [1.54, 1.807) is 12.1 Å². The number of carbonyl (C=O) groups excluding carboxylic acids is 1. The van der Waals surface area contributed by atoms with Crippen LogP contribution in [-0.2, 0) is 6.42 Å². The van der Waals surface area contributed by atoms with Crippen molar-refractivity contribution in [2.75, 3.05) is 0 Å². The number of phenols is 1. The molecule has 2 aromatic carbocycles. The molecule has 0 saturated carbocycles. The van der Waals surface area contributed by atoms with Crippen LogP contribution in [0.2, 0.25) is 0 Å². The lowest BCUT2D eigenvalue weighted by atomic mass is 9.99. The van der Waals surface area contributed by atoms with E-state index < -0.39 is 0 Å². The smallest absolute Gasteiger partial charge is 0.197 e. The number of benzene rings is 2. The van der Waals surface area contributed by atoms with Crippen LogP contribution in [0.1, 0.15) is 34.2 Å². The Morgan fingerprint density at radius 2 is 1.83 bits per heavy atom. The van der Waals surface area contributed by atoms with Crippen LogP contribution in [0.15, 0.2) is 34.7 Å². The number of aromatic hydroxyl groups is 1. The average molecular weight is 532 g/mol. The van der Waals surface area contributed by atoms with Gasteiger partial charge >= 0.3 is 0 Å². The van der Waals surface area contributed by atoms with Crippen LogP contribution in [0.3, 0.4) is 0 Å². The summed E-state index contributed by atoms with van der Waals surface area (Å²) in [5.74, 6) is 0.847. The monoisotopic (exact) mass is 532 g/mol. The lowest BCUT2D eigenvalue weighted by Gasteiger charge is -2.06. The van der Waals surface area contributed by atoms with E-state index in [1.807, 2.05) is 77.2 Å². The number of hydrogen-bond acceptors (Lipinski definition) is 3. The van der Waals surface area contributed by atoms with Gasteiger partial charge in [0.1, 0.15) is 17.1 Å². The zero-order chi connectivity index (χ0) is 16.7. The molecule has 0 aliphatic carbocycles. The quantitative estimate of drug-likeness (QED) is 0.361. The molecular weight excluding hydrogens is 518 g/mol. The number of phenolic OH excluding ortho intramolecular Hbond substituents is 1. The van der Waals surface area contributed by atoms with Gasteiger partial charge in [-0.2, -0.15) is 0 Å². The van der Waals surface area contributed by atoms with Gasteiger partial charge in [0, 0.05) is 17.4 Å². The minimum Gasteiger partial charge on any atom is -0.506 e. The number of ketones is 1. The molecular formula is C18H14I2O3. The number of aryl methyl sites for hydroxylation is 2. The largest absolute Gasteiger partial charge is 0.506 e. The third-order valence-corrected chi connectivity index (χ3v) is 5.39. The van der Waals surface area contributed by atoms with Crippen LogP contribution in [0, 0.1) is 14.1 Å². The van der Waals surface area contributed by atoms with Gasteiger partial charge in [-0.3, -0.25) is 4.79 Å². The van der Waals surface area contributed by atoms with Crippen molar-refractivity contribution in [2.24, 2.45) is 0 Å². The maximum atomic E-state index is 13.1. The second kappa shape index (κ2) is 6.43. The number of fused-ring (bicyclic) bond motifs is 1. The molecule has 1 aromatic heterocycles. The SMILES string of the molecule is CCc1oc2cc(C)ccc2c1C(=O)c1cc(I)c(O)c(I)c1. The van der Waals surface area contributed by atoms with Gasteiger partial charge in [0.15, 0.2) is 5.78 Å². The van der Waals surface area contributed by atoms with E-state index in [9.17, 15) is 9.90 Å². The Hall–Kier alpha value is -1.09. The van der Waals surface area contributed by atoms with Crippen molar-refractivity contribution in [1.82, 2.24) is 0 Å². The maximum absolute atomic E-state index is 13.1. The summed E-state index contributed by atoms with van der Waals surface area (Å²) in [5, 5.41) is 10.7. The molecule has 118 valence electrons. The van der Waals surface area contributed by atoms with Gasteiger partial charge in [-0.15, -0.1) is 0 Å². The number of halogens is 2. The molecule has 23 heavy (non-hydrogen) atoms. The standard InChI is InChI=1S/C18H14I2O3/c1-3-14-16(11-5-4-9(2)6-15(11)23-14)17(21)10-7-12(19)18(22)13(20)8-10/h4-8,22H,3H2,1-2H3. The van der Waals surface area contributed by atoms with E-state index >= 15 is 0 Å². The van der Waals surface area contributed by atoms with Gasteiger partial charge in [-0.05, 0) is 75.9 Å². The zero-order valence-electron chi connectivity index (χ0n) is 12.6. The maximum Gasteiger partial charge on any atom is 0.197 e. The van der Waals surface area contributed by atoms with Crippen molar-refractivity contribution in [3.8, 4) is 5.75 Å². The van der Waals surface area contributed by atoms with Crippen LogP contribution < -0.4 is 0 Å². The molecule has 1 N–H and O–H groups in total. The summed E-state index contributed by atoms with van der Waals surface area (Å²) in [7, 11) is 0. The van der Waals surface area contributed by atoms with E-state index in [-0.39, 0.29) is 11.5 Å². The highest BCUT2D eigenvalue weighted by Crippen LogP contribution is 2.32. The van der Waals surface area contributed by atoms with Crippen LogP contribution >= 0.6 is 45.2 Å². The minimum atomic E-state index is -0.0692. The Labute approximate surface area is 161 Å². The van der Waals surface area contributed by atoms with E-state index in [0.29, 0.717) is 30.4 Å². The summed E-state index contributed by atoms with van der Waals surface area (Å²) < 4.78 is 7.21. The predicted molar refractivity (Wildman–Crippen MR) is 107 cm³/mol. The van der Waals surface area contributed by atoms with Crippen molar-refractivity contribution in [2.45, 2.75) is 20.3 Å². The molecule has 3 rings (SSSR count). The average Bonchev–Trinajstić information content (AvgIpc) is 2.88. The fourth-order valence-corrected chi connectivity index (χ4v) is 4.36. The van der Waals surface area contributed by atoms with Gasteiger partial charge in [0.2, 0.25) is 0 Å². The summed E-state index contributed by atoms with van der Waals surface area (Å²) in [4.78, 5) is 13.1. The molecule has 3 nitrogen and oxygen atoms in total. The molecule has 0 amide bonds. The van der Waals surface area contributed by atoms with Crippen LogP contribution in [0.4, 0.5) is 0 Å². The summed E-state index contributed by atoms with van der Waals surface area (Å²) in [6.45, 7) is 3.98. The number of rotatable bonds is 3. The van der Waals surface area contributed by atoms with Crippen molar-refractivity contribution in [3.05, 3.63) is 59.9 Å². The number of carbonyl (C=O) groups is 1. The Balaban J connectivity index is 2.21. The van der Waals surface area contributed by atoms with E-state index in [2.05, 4.69) is 0 Å². The van der Waals surface area contributed by atoms with Gasteiger partial charge < -0.3 is 9.52 Å². The predicted octanol–water partition coefficient (Wildman–Crippen LogP) is 5.45. The molecule has 0 fully saturated rings. The lowest BCUT2D eigenvalue weighted by molar-refractivity contribution is 0.103. The summed E-state index contributed by atoms with van der Waals surface area (Å²) in [6, 6.07) is 9.31. The Morgan fingerprint density at radius 3 is 2.43 bits per heavy atom. The lowest BCUT2D eigenvalue weighted by Crippen LogP contribution is -2.04. The molecule has 0 unspecified atom stereocenters. The van der Waals surface area contributed by atoms with Crippen LogP contribution in [0.25, 0.3) is 11.0 Å². The highest BCUT2D eigenvalue weighted by molar-refractivity contribution is 14.1. The molecule has 0 spiro atoms. The molecule has 0 radical (unpaired) electrons. The topological polar surface area (TPSA) is 50.4 Å². The van der Waals surface area contributed by atoms with E-state index in [0.717, 1.165) is 16.5 Å². The first kappa shape index (κ1) is 16.8. The highest BCUT2D eigenvalue weighted by Gasteiger charge is 2.22. The first-order valence-electron chi connectivity index (χ1n) is 7.17. The van der Waals surface area contributed by atoms with Gasteiger partial charge in [0.05, 0.1) is 12.7 Å². The first-order valence-corrected chi connectivity index (χ1v) is 9.32. The van der Waals surface area contributed by atoms with Gasteiger partial charge in [-0.1, -0.05) is 19.1 Å². The van der Waals surface area contributed by atoms with E-state index in [4.69, 9.17) is 4.42 Å². The van der Waals surface area contributed by atoms with Crippen molar-refractivity contribution in [1.29, 1.82) is 0 Å². The fraction of sp³-hybridized carbons (Fsp3) is 0.167. The summed E-state index contributed by atoms with van der Waals surface area (Å²) in [6.07, 6.45) is 0.654. The summed E-state index contributed by atoms with van der Waals surface area (Å²) >= 11 is 4.07. The normalized spacial score (nSPS) is 11.1. The van der Waals surface area contributed by atoms with Gasteiger partial charge in [0.25, 0.3) is 0 Å². The molecule has 5 heteroatoms. The van der Waals surface area contributed by atoms with Crippen LogP contribution in [-0.4, -0.2) is 10.9 Å². The minimum absolute atomic E-state index is 0.0692. The second-order valence-electron chi connectivity index (χ2n) is 5.37.